The van der Waals surface area contributed by atoms with Crippen LogP contribution < -0.4 is 10.1 Å². The van der Waals surface area contributed by atoms with Crippen LogP contribution in [0.1, 0.15) is 47.6 Å². The number of ether oxygens (including phenoxy) is 1. The second kappa shape index (κ2) is 8.78. The molecule has 2 aromatic rings. The maximum Gasteiger partial charge on any atom is 0.220 e. The van der Waals surface area contributed by atoms with Gasteiger partial charge in [0.2, 0.25) is 15.9 Å². The molecule has 1 aliphatic carbocycles. The van der Waals surface area contributed by atoms with Gasteiger partial charge in [0.1, 0.15) is 12.4 Å². The van der Waals surface area contributed by atoms with E-state index in [1.165, 1.54) is 21.7 Å². The zero-order chi connectivity index (χ0) is 21.1. The van der Waals surface area contributed by atoms with Crippen molar-refractivity contribution in [2.24, 2.45) is 0 Å². The van der Waals surface area contributed by atoms with E-state index in [2.05, 4.69) is 23.5 Å². The van der Waals surface area contributed by atoms with E-state index in [1.807, 2.05) is 24.3 Å². The van der Waals surface area contributed by atoms with E-state index in [-0.39, 0.29) is 11.9 Å². The summed E-state index contributed by atoms with van der Waals surface area (Å²) in [6, 6.07) is 14.2. The molecule has 30 heavy (non-hydrogen) atoms. The van der Waals surface area contributed by atoms with E-state index in [0.29, 0.717) is 38.3 Å². The Balaban J connectivity index is 1.39. The Bertz CT molecular complexity index is 1040. The molecular weight excluding hydrogens is 400 g/mol. The number of hydrogen-bond donors (Lipinski definition) is 1. The number of benzene rings is 2. The average Bonchev–Trinajstić information content (AvgIpc) is 2.95. The number of rotatable bonds is 5. The first kappa shape index (κ1) is 20.9. The number of aryl methyl sites for hydroxylation is 2. The van der Waals surface area contributed by atoms with E-state index in [4.69, 9.17) is 4.74 Å². The summed E-state index contributed by atoms with van der Waals surface area (Å²) in [7, 11) is -3.28. The summed E-state index contributed by atoms with van der Waals surface area (Å²) >= 11 is 0. The number of amides is 1. The molecule has 1 amide bonds. The summed E-state index contributed by atoms with van der Waals surface area (Å²) in [5.41, 5.74) is 4.42. The van der Waals surface area contributed by atoms with Crippen molar-refractivity contribution in [3.05, 3.63) is 64.7 Å². The maximum absolute atomic E-state index is 12.6. The lowest BCUT2D eigenvalue weighted by Gasteiger charge is -2.26. The van der Waals surface area contributed by atoms with Gasteiger partial charge in [0.25, 0.3) is 0 Å². The monoisotopic (exact) mass is 428 g/mol. The summed E-state index contributed by atoms with van der Waals surface area (Å²) in [4.78, 5) is 12.6. The Kier molecular flexibility index (Phi) is 6.11. The predicted molar refractivity (Wildman–Crippen MR) is 116 cm³/mol. The standard InChI is InChI=1S/C23H28N2O4S/c1-30(27,28)25-13-14-29-22-11-9-17(15-19(22)16-25)10-12-23(26)24-21-8-4-6-18-5-2-3-7-20(18)21/h2-3,5,7,9,11,15,21H,4,6,8,10,12-14,16H2,1H3,(H,24,26). The first-order valence-electron chi connectivity index (χ1n) is 10.5. The van der Waals surface area contributed by atoms with Gasteiger partial charge in [0.15, 0.2) is 0 Å². The number of carbonyl (C=O) groups excluding carboxylic acids is 1. The van der Waals surface area contributed by atoms with Crippen LogP contribution in [0.4, 0.5) is 0 Å². The molecular formula is C23H28N2O4S. The van der Waals surface area contributed by atoms with E-state index in [9.17, 15) is 13.2 Å². The molecule has 0 radical (unpaired) electrons. The van der Waals surface area contributed by atoms with Gasteiger partial charge in [-0.2, -0.15) is 4.31 Å². The molecule has 1 heterocycles. The van der Waals surface area contributed by atoms with Gasteiger partial charge >= 0.3 is 0 Å². The number of fused-ring (bicyclic) bond motifs is 2. The molecule has 6 nitrogen and oxygen atoms in total. The van der Waals surface area contributed by atoms with Gasteiger partial charge in [0, 0.05) is 25.1 Å². The van der Waals surface area contributed by atoms with Crippen molar-refractivity contribution in [2.45, 2.75) is 44.7 Å². The molecule has 4 rings (SSSR count). The topological polar surface area (TPSA) is 75.7 Å². The van der Waals surface area contributed by atoms with Gasteiger partial charge < -0.3 is 10.1 Å². The summed E-state index contributed by atoms with van der Waals surface area (Å²) in [6.07, 6.45) is 5.35. The van der Waals surface area contributed by atoms with Crippen LogP contribution >= 0.6 is 0 Å². The van der Waals surface area contributed by atoms with Crippen molar-refractivity contribution in [3.63, 3.8) is 0 Å². The molecule has 160 valence electrons. The molecule has 0 saturated carbocycles. The SMILES string of the molecule is CS(=O)(=O)N1CCOc2ccc(CCC(=O)NC3CCCc4ccccc43)cc2C1. The Morgan fingerprint density at radius 1 is 1.20 bits per heavy atom. The van der Waals surface area contributed by atoms with Gasteiger partial charge in [-0.3, -0.25) is 4.79 Å². The molecule has 2 aromatic carbocycles. The van der Waals surface area contributed by atoms with Crippen molar-refractivity contribution < 1.29 is 17.9 Å². The van der Waals surface area contributed by atoms with Crippen LogP contribution in [-0.2, 0) is 34.2 Å². The maximum atomic E-state index is 12.6. The van der Waals surface area contributed by atoms with Crippen molar-refractivity contribution in [2.75, 3.05) is 19.4 Å². The Morgan fingerprint density at radius 2 is 2.03 bits per heavy atom. The Morgan fingerprint density at radius 3 is 2.87 bits per heavy atom. The molecule has 0 spiro atoms. The van der Waals surface area contributed by atoms with Crippen molar-refractivity contribution >= 4 is 15.9 Å². The second-order valence-electron chi connectivity index (χ2n) is 8.10. The molecule has 0 aromatic heterocycles. The third-order valence-electron chi connectivity index (χ3n) is 5.88. The van der Waals surface area contributed by atoms with Gasteiger partial charge in [-0.25, -0.2) is 8.42 Å². The molecule has 0 saturated heterocycles. The highest BCUT2D eigenvalue weighted by molar-refractivity contribution is 7.88. The number of carbonyl (C=O) groups is 1. The highest BCUT2D eigenvalue weighted by Gasteiger charge is 2.23. The Hall–Kier alpha value is -2.38. The molecule has 7 heteroatoms. The van der Waals surface area contributed by atoms with E-state index >= 15 is 0 Å². The first-order chi connectivity index (χ1) is 14.4. The quantitative estimate of drug-likeness (QED) is 0.795. The van der Waals surface area contributed by atoms with E-state index in [0.717, 1.165) is 30.4 Å². The van der Waals surface area contributed by atoms with Crippen LogP contribution in [0.15, 0.2) is 42.5 Å². The normalized spacial score (nSPS) is 19.2. The number of nitrogens with zero attached hydrogens (tertiary/aromatic N) is 1. The largest absolute Gasteiger partial charge is 0.492 e. The van der Waals surface area contributed by atoms with Gasteiger partial charge in [-0.05, 0) is 48.4 Å². The predicted octanol–water partition coefficient (Wildman–Crippen LogP) is 2.97. The molecule has 0 bridgehead atoms. The fourth-order valence-corrected chi connectivity index (χ4v) is 5.07. The van der Waals surface area contributed by atoms with Crippen molar-refractivity contribution in [3.8, 4) is 5.75 Å². The zero-order valence-corrected chi connectivity index (χ0v) is 18.1. The molecule has 1 unspecified atom stereocenters. The minimum Gasteiger partial charge on any atom is -0.492 e. The molecule has 2 aliphatic rings. The van der Waals surface area contributed by atoms with E-state index < -0.39 is 10.0 Å². The summed E-state index contributed by atoms with van der Waals surface area (Å²) in [5, 5.41) is 3.19. The lowest BCUT2D eigenvalue weighted by atomic mass is 9.87. The molecule has 0 fully saturated rings. The highest BCUT2D eigenvalue weighted by atomic mass is 32.2. The number of nitrogens with one attached hydrogen (secondary N) is 1. The van der Waals surface area contributed by atoms with E-state index in [1.54, 1.807) is 0 Å². The van der Waals surface area contributed by atoms with Crippen LogP contribution in [0.5, 0.6) is 5.75 Å². The average molecular weight is 429 g/mol. The third-order valence-corrected chi connectivity index (χ3v) is 7.13. The molecule has 1 aliphatic heterocycles. The molecule has 1 atom stereocenters. The van der Waals surface area contributed by atoms with Crippen LogP contribution in [0.3, 0.4) is 0 Å². The minimum atomic E-state index is -3.28. The van der Waals surface area contributed by atoms with Gasteiger partial charge in [-0.1, -0.05) is 36.4 Å². The number of sulfonamides is 1. The first-order valence-corrected chi connectivity index (χ1v) is 12.3. The number of hydrogen-bond acceptors (Lipinski definition) is 4. The van der Waals surface area contributed by atoms with Crippen LogP contribution in [0.25, 0.3) is 0 Å². The van der Waals surface area contributed by atoms with Crippen molar-refractivity contribution in [1.82, 2.24) is 9.62 Å². The van der Waals surface area contributed by atoms with Gasteiger partial charge in [-0.15, -0.1) is 0 Å². The lowest BCUT2D eigenvalue weighted by molar-refractivity contribution is -0.121. The van der Waals surface area contributed by atoms with Gasteiger partial charge in [0.05, 0.1) is 12.3 Å². The van der Waals surface area contributed by atoms with Crippen LogP contribution in [0.2, 0.25) is 0 Å². The lowest BCUT2D eigenvalue weighted by Crippen LogP contribution is -2.31. The zero-order valence-electron chi connectivity index (χ0n) is 17.3. The Labute approximate surface area is 178 Å². The summed E-state index contributed by atoms with van der Waals surface area (Å²) < 4.78 is 31.0. The molecule has 1 N–H and O–H groups in total. The minimum absolute atomic E-state index is 0.0423. The summed E-state index contributed by atoms with van der Waals surface area (Å²) in [6.45, 7) is 0.978. The second-order valence-corrected chi connectivity index (χ2v) is 10.1. The third kappa shape index (κ3) is 4.84. The van der Waals surface area contributed by atoms with Crippen LogP contribution in [0, 0.1) is 0 Å². The van der Waals surface area contributed by atoms with Crippen molar-refractivity contribution in [1.29, 1.82) is 0 Å². The highest BCUT2D eigenvalue weighted by Crippen LogP contribution is 2.30. The smallest absolute Gasteiger partial charge is 0.220 e. The summed E-state index contributed by atoms with van der Waals surface area (Å²) in [5.74, 6) is 0.758. The fourth-order valence-electron chi connectivity index (χ4n) is 4.29. The fraction of sp³-hybridized carbons (Fsp3) is 0.435. The van der Waals surface area contributed by atoms with Crippen LogP contribution in [-0.4, -0.2) is 38.0 Å².